The summed E-state index contributed by atoms with van der Waals surface area (Å²) in [7, 11) is 0. The fourth-order valence-corrected chi connectivity index (χ4v) is 2.32. The topological polar surface area (TPSA) is 37.3 Å². The van der Waals surface area contributed by atoms with Crippen LogP contribution in [0.15, 0.2) is 72.8 Å². The molecular formula is C18H18O2. The van der Waals surface area contributed by atoms with Crippen LogP contribution in [0, 0.1) is 0 Å². The van der Waals surface area contributed by atoms with Gasteiger partial charge in [-0.15, -0.1) is 0 Å². The molecule has 0 heterocycles. The molecule has 0 aliphatic rings. The van der Waals surface area contributed by atoms with Crippen LogP contribution in [0.25, 0.3) is 0 Å². The third-order valence-electron chi connectivity index (χ3n) is 3.44. The minimum absolute atomic E-state index is 0.202. The van der Waals surface area contributed by atoms with Gasteiger partial charge in [0.15, 0.2) is 0 Å². The molecule has 20 heavy (non-hydrogen) atoms. The predicted octanol–water partition coefficient (Wildman–Crippen LogP) is 4.24. The van der Waals surface area contributed by atoms with Crippen molar-refractivity contribution in [2.45, 2.75) is 18.8 Å². The highest BCUT2D eigenvalue weighted by molar-refractivity contribution is 5.85. The molecule has 0 fully saturated rings. The van der Waals surface area contributed by atoms with Gasteiger partial charge >= 0.3 is 5.97 Å². The highest BCUT2D eigenvalue weighted by Gasteiger charge is 2.15. The molecule has 0 bridgehead atoms. The minimum atomic E-state index is -0.912. The van der Waals surface area contributed by atoms with Crippen LogP contribution in [0.5, 0.6) is 0 Å². The van der Waals surface area contributed by atoms with Gasteiger partial charge in [0.1, 0.15) is 0 Å². The van der Waals surface area contributed by atoms with Gasteiger partial charge in [0.25, 0.3) is 0 Å². The lowest BCUT2D eigenvalue weighted by Crippen LogP contribution is -2.05. The van der Waals surface area contributed by atoms with E-state index in [4.69, 9.17) is 5.11 Å². The van der Waals surface area contributed by atoms with Crippen LogP contribution in [0.3, 0.4) is 0 Å². The van der Waals surface area contributed by atoms with Gasteiger partial charge in [-0.25, -0.2) is 4.79 Å². The average Bonchev–Trinajstić information content (AvgIpc) is 2.49. The van der Waals surface area contributed by atoms with E-state index in [2.05, 4.69) is 30.8 Å². The second kappa shape index (κ2) is 6.71. The van der Waals surface area contributed by atoms with Crippen molar-refractivity contribution in [1.82, 2.24) is 0 Å². The highest BCUT2D eigenvalue weighted by atomic mass is 16.4. The first-order chi connectivity index (χ1) is 9.68. The molecule has 1 N–H and O–H groups in total. The quantitative estimate of drug-likeness (QED) is 0.794. The maximum atomic E-state index is 10.9. The van der Waals surface area contributed by atoms with Crippen LogP contribution in [0.2, 0.25) is 0 Å². The summed E-state index contributed by atoms with van der Waals surface area (Å²) in [6, 6.07) is 20.4. The molecule has 2 nitrogen and oxygen atoms in total. The molecule has 0 atom stereocenters. The Bertz CT molecular complexity index is 533. The molecule has 2 aromatic carbocycles. The average molecular weight is 266 g/mol. The van der Waals surface area contributed by atoms with Crippen molar-refractivity contribution in [2.75, 3.05) is 0 Å². The lowest BCUT2D eigenvalue weighted by molar-refractivity contribution is -0.132. The Hall–Kier alpha value is -2.35. The third kappa shape index (κ3) is 3.58. The van der Waals surface area contributed by atoms with E-state index in [1.165, 1.54) is 11.1 Å². The van der Waals surface area contributed by atoms with Gasteiger partial charge in [-0.1, -0.05) is 67.2 Å². The second-order valence-electron chi connectivity index (χ2n) is 4.82. The maximum absolute atomic E-state index is 10.9. The molecule has 0 saturated carbocycles. The Labute approximate surface area is 119 Å². The zero-order valence-electron chi connectivity index (χ0n) is 11.3. The van der Waals surface area contributed by atoms with E-state index in [-0.39, 0.29) is 11.5 Å². The van der Waals surface area contributed by atoms with E-state index in [1.54, 1.807) is 0 Å². The van der Waals surface area contributed by atoms with E-state index in [0.29, 0.717) is 6.42 Å². The monoisotopic (exact) mass is 266 g/mol. The zero-order chi connectivity index (χ0) is 14.4. The number of carboxylic acid groups (broad SMARTS) is 1. The number of rotatable bonds is 6. The Kier molecular flexibility index (Phi) is 4.72. The summed E-state index contributed by atoms with van der Waals surface area (Å²) in [5, 5.41) is 8.94. The summed E-state index contributed by atoms with van der Waals surface area (Å²) in [4.78, 5) is 10.9. The van der Waals surface area contributed by atoms with Crippen LogP contribution in [0.1, 0.15) is 29.9 Å². The van der Waals surface area contributed by atoms with Crippen molar-refractivity contribution >= 4 is 5.97 Å². The van der Waals surface area contributed by atoms with Crippen molar-refractivity contribution in [3.63, 3.8) is 0 Å². The lowest BCUT2D eigenvalue weighted by Gasteiger charge is -2.18. The molecule has 0 amide bonds. The van der Waals surface area contributed by atoms with Gasteiger partial charge in [0.2, 0.25) is 0 Å². The lowest BCUT2D eigenvalue weighted by atomic mass is 9.86. The molecule has 0 spiro atoms. The van der Waals surface area contributed by atoms with Crippen LogP contribution in [-0.4, -0.2) is 11.1 Å². The summed E-state index contributed by atoms with van der Waals surface area (Å²) < 4.78 is 0. The first kappa shape index (κ1) is 14.1. The van der Waals surface area contributed by atoms with Crippen LogP contribution in [-0.2, 0) is 4.79 Å². The van der Waals surface area contributed by atoms with Crippen molar-refractivity contribution in [1.29, 1.82) is 0 Å². The number of benzene rings is 2. The Morgan fingerprint density at radius 1 is 0.950 bits per heavy atom. The van der Waals surface area contributed by atoms with E-state index in [1.807, 2.05) is 36.4 Å². The number of carbonyl (C=O) groups is 1. The van der Waals surface area contributed by atoms with Crippen molar-refractivity contribution in [3.05, 3.63) is 83.9 Å². The SMILES string of the molecule is C=C(CCC(c1ccccc1)c1ccccc1)C(=O)O. The molecule has 2 heteroatoms. The normalized spacial score (nSPS) is 10.4. The first-order valence-electron chi connectivity index (χ1n) is 6.69. The third-order valence-corrected chi connectivity index (χ3v) is 3.44. The fraction of sp³-hybridized carbons (Fsp3) is 0.167. The summed E-state index contributed by atoms with van der Waals surface area (Å²) in [5.74, 6) is -0.710. The van der Waals surface area contributed by atoms with Crippen molar-refractivity contribution in [2.24, 2.45) is 0 Å². The summed E-state index contributed by atoms with van der Waals surface area (Å²) in [6.07, 6.45) is 1.24. The molecule has 0 aromatic heterocycles. The van der Waals surface area contributed by atoms with Gasteiger partial charge in [-0.05, 0) is 24.0 Å². The highest BCUT2D eigenvalue weighted by Crippen LogP contribution is 2.30. The maximum Gasteiger partial charge on any atom is 0.330 e. The molecule has 0 saturated heterocycles. The number of hydrogen-bond acceptors (Lipinski definition) is 1. The number of carboxylic acids is 1. The van der Waals surface area contributed by atoms with Crippen LogP contribution in [0.4, 0.5) is 0 Å². The predicted molar refractivity (Wildman–Crippen MR) is 80.7 cm³/mol. The summed E-state index contributed by atoms with van der Waals surface area (Å²) in [5.41, 5.74) is 2.68. The number of aliphatic carboxylic acids is 1. The number of hydrogen-bond donors (Lipinski definition) is 1. The molecule has 0 radical (unpaired) electrons. The van der Waals surface area contributed by atoms with Gasteiger partial charge in [-0.3, -0.25) is 0 Å². The molecule has 0 aliphatic carbocycles. The Balaban J connectivity index is 2.22. The van der Waals surface area contributed by atoms with Crippen molar-refractivity contribution < 1.29 is 9.90 Å². The van der Waals surface area contributed by atoms with Gasteiger partial charge in [0, 0.05) is 11.5 Å². The van der Waals surface area contributed by atoms with Gasteiger partial charge in [-0.2, -0.15) is 0 Å². The fourth-order valence-electron chi connectivity index (χ4n) is 2.32. The van der Waals surface area contributed by atoms with Crippen LogP contribution < -0.4 is 0 Å². The Morgan fingerprint density at radius 3 is 1.80 bits per heavy atom. The van der Waals surface area contributed by atoms with Crippen molar-refractivity contribution in [3.8, 4) is 0 Å². The molecule has 0 aliphatic heterocycles. The smallest absolute Gasteiger partial charge is 0.330 e. The van der Waals surface area contributed by atoms with E-state index >= 15 is 0 Å². The molecule has 2 aromatic rings. The molecular weight excluding hydrogens is 248 g/mol. The van der Waals surface area contributed by atoms with E-state index in [9.17, 15) is 4.79 Å². The standard InChI is InChI=1S/C18H18O2/c1-14(18(19)20)12-13-17(15-8-4-2-5-9-15)16-10-6-3-7-11-16/h2-11,17H,1,12-13H2,(H,19,20). The van der Waals surface area contributed by atoms with Gasteiger partial charge in [0.05, 0.1) is 0 Å². The molecule has 0 unspecified atom stereocenters. The van der Waals surface area contributed by atoms with Crippen LogP contribution >= 0.6 is 0 Å². The first-order valence-corrected chi connectivity index (χ1v) is 6.69. The molecule has 102 valence electrons. The zero-order valence-corrected chi connectivity index (χ0v) is 11.3. The van der Waals surface area contributed by atoms with E-state index in [0.717, 1.165) is 6.42 Å². The summed E-state index contributed by atoms with van der Waals surface area (Å²) >= 11 is 0. The second-order valence-corrected chi connectivity index (χ2v) is 4.82. The minimum Gasteiger partial charge on any atom is -0.478 e. The Morgan fingerprint density at radius 2 is 1.40 bits per heavy atom. The summed E-state index contributed by atoms with van der Waals surface area (Å²) in [6.45, 7) is 3.61. The van der Waals surface area contributed by atoms with Gasteiger partial charge < -0.3 is 5.11 Å². The largest absolute Gasteiger partial charge is 0.478 e. The van der Waals surface area contributed by atoms with E-state index < -0.39 is 5.97 Å². The molecule has 2 rings (SSSR count).